The van der Waals surface area contributed by atoms with Crippen LogP contribution in [-0.2, 0) is 65.5 Å². The minimum Gasteiger partial charge on any atom is -0.481 e. The van der Waals surface area contributed by atoms with Crippen LogP contribution in [0, 0.1) is 18.3 Å². The molecule has 0 amide bonds. The number of nitrogens with zero attached hydrogens (tertiary/aromatic N) is 1. The van der Waals surface area contributed by atoms with E-state index in [1.165, 1.54) is 75.8 Å². The fraction of sp³-hybridized carbons (Fsp3) is 0.381. The van der Waals surface area contributed by atoms with Gasteiger partial charge in [0, 0.05) is 50.6 Å². The Hall–Kier alpha value is -6.57. The third-order valence-electron chi connectivity index (χ3n) is 14.4. The number of carbonyl (C=O) groups is 2. The van der Waals surface area contributed by atoms with E-state index in [1.54, 1.807) is 24.3 Å². The molecule has 7 aliphatic rings. The van der Waals surface area contributed by atoms with Gasteiger partial charge in [0.25, 0.3) is 10.1 Å². The molecule has 6 aromatic rings. The first-order chi connectivity index (χ1) is 37.4. The number of aliphatic hydroxyl groups excluding tert-OH is 1. The molecule has 5 atom stereocenters. The summed E-state index contributed by atoms with van der Waals surface area (Å²) in [4.78, 5) is 21.2. The Labute approximate surface area is 455 Å². The molecule has 2 aliphatic heterocycles. The van der Waals surface area contributed by atoms with Gasteiger partial charge in [0.1, 0.15) is 0 Å². The van der Waals surface area contributed by atoms with E-state index in [0.717, 1.165) is 63.2 Å². The molecular weight excluding hydrogens is 998 g/mol. The van der Waals surface area contributed by atoms with E-state index in [0.29, 0.717) is 31.3 Å². The van der Waals surface area contributed by atoms with Crippen LogP contribution in [0.1, 0.15) is 131 Å². The summed E-state index contributed by atoms with van der Waals surface area (Å²) in [6, 6.07) is 49.4. The number of carboxylic acids is 2. The van der Waals surface area contributed by atoms with Crippen LogP contribution in [0.25, 0.3) is 0 Å². The number of hydrogen-bond donors (Lipinski definition) is 3. The van der Waals surface area contributed by atoms with E-state index < -0.39 is 29.2 Å². The van der Waals surface area contributed by atoms with Gasteiger partial charge in [-0.1, -0.05) is 139 Å². The largest absolute Gasteiger partial charge is 0.481 e. The summed E-state index contributed by atoms with van der Waals surface area (Å²) in [7, 11) is -4.65. The second-order valence-corrected chi connectivity index (χ2v) is 21.1. The monoisotopic (exact) mass is 1070 g/mol. The van der Waals surface area contributed by atoms with Crippen molar-refractivity contribution in [2.45, 2.75) is 112 Å². The van der Waals surface area contributed by atoms with Gasteiger partial charge in [-0.15, -0.1) is 0 Å². The molecule has 410 valence electrons. The van der Waals surface area contributed by atoms with Crippen molar-refractivity contribution in [2.24, 2.45) is 0 Å². The Bertz CT molecular complexity index is 2930. The lowest BCUT2D eigenvalue weighted by Gasteiger charge is -2.29. The number of nitriles is 1. The highest BCUT2D eigenvalue weighted by Crippen LogP contribution is 2.39. The molecule has 12 nitrogen and oxygen atoms in total. The number of aliphatic hydroxyl groups is 1. The zero-order valence-electron chi connectivity index (χ0n) is 44.9. The molecule has 0 bridgehead atoms. The van der Waals surface area contributed by atoms with Crippen molar-refractivity contribution in [1.82, 2.24) is 0 Å². The zero-order valence-corrected chi connectivity index (χ0v) is 44.7. The highest BCUT2D eigenvalue weighted by atomic mass is 32.2. The Morgan fingerprint density at radius 3 is 1.38 bits per heavy atom. The van der Waals surface area contributed by atoms with E-state index in [4.69, 9.17) is 35.6 Å². The second kappa shape index (κ2) is 31.6. The van der Waals surface area contributed by atoms with Crippen LogP contribution in [0.4, 0.5) is 4.39 Å². The fourth-order valence-corrected chi connectivity index (χ4v) is 10.8. The van der Waals surface area contributed by atoms with E-state index in [9.17, 15) is 22.4 Å². The maximum atomic E-state index is 12.1. The Morgan fingerprint density at radius 2 is 0.987 bits per heavy atom. The summed E-state index contributed by atoms with van der Waals surface area (Å²) in [6.07, 6.45) is 10.7. The Balaban J connectivity index is 0.000000172. The van der Waals surface area contributed by atoms with Crippen molar-refractivity contribution in [2.75, 3.05) is 46.8 Å². The highest BCUT2D eigenvalue weighted by Gasteiger charge is 2.32. The number of benzene rings is 6. The first kappa shape index (κ1) is 59.7. The molecule has 0 spiro atoms. The van der Waals surface area contributed by atoms with Gasteiger partial charge < -0.3 is 30.3 Å². The molecule has 0 saturated carbocycles. The fourth-order valence-electron chi connectivity index (χ4n) is 9.89. The molecule has 2 saturated heterocycles. The number of halogens is 1. The molecule has 0 aromatic heterocycles. The normalized spacial score (nSPS) is 19.4. The van der Waals surface area contributed by atoms with Crippen LogP contribution in [0.3, 0.4) is 0 Å². The van der Waals surface area contributed by atoms with Crippen LogP contribution in [0.2, 0.25) is 0 Å². The number of ether oxygens (including phenoxy) is 2. The summed E-state index contributed by atoms with van der Waals surface area (Å²) in [6.45, 7) is 6.44. The van der Waals surface area contributed by atoms with Gasteiger partial charge >= 0.3 is 11.9 Å². The molecule has 13 rings (SSSR count). The Morgan fingerprint density at radius 1 is 0.610 bits per heavy atom. The topological polar surface area (TPSA) is 212 Å². The van der Waals surface area contributed by atoms with Crippen molar-refractivity contribution in [3.05, 3.63) is 207 Å². The minimum absolute atomic E-state index is 0. The standard InChI is InChI=1S/C16H16O3S.C10H9N.C10H10O2.C9H8O2.C9H10O.2C4H8O.CH3F.H2O/c1-12-6-8-15(9-7-12)20(17,18)19-11-14-10-13-4-2-3-5-16(13)14;11-6-5-9-7-8-3-1-2-4-10(8)9;11-10(12)6-8-5-7-3-1-2-4-9(7)8;10-9(11)8-5-6-3-1-2-4-7(6)8;10-6-8-5-7-3-1-2-4-9(7)8;2*1-2-4-5-3-1;1-2;/h2-9,14H,10-11H2,1H3;1-4,9H,5,7H2;1-4,8H,5-6H2,(H,11,12);1-4,8H,5H2,(H,10,11);1-4,8,10H,5-6H2;2*1-4H2;1H3;1H2/i;;;;;;;1D;. The average Bonchev–Trinajstić information content (AvgIpc) is 4.19. The third kappa shape index (κ3) is 17.7. The predicted molar refractivity (Wildman–Crippen MR) is 297 cm³/mol. The summed E-state index contributed by atoms with van der Waals surface area (Å²) in [5.74, 6) is -0.248. The molecule has 2 fully saturated rings. The minimum atomic E-state index is -3.65. The van der Waals surface area contributed by atoms with Crippen LogP contribution >= 0.6 is 0 Å². The maximum absolute atomic E-state index is 12.1. The molecule has 5 N–H and O–H groups in total. The van der Waals surface area contributed by atoms with Crippen LogP contribution in [-0.4, -0.2) is 87.9 Å². The molecule has 6 aromatic carbocycles. The number of aryl methyl sites for hydroxylation is 1. The maximum Gasteiger partial charge on any atom is 0.311 e. The van der Waals surface area contributed by atoms with E-state index in [1.807, 2.05) is 85.8 Å². The van der Waals surface area contributed by atoms with Gasteiger partial charge in [0.05, 0.1) is 45.0 Å². The molecule has 0 radical (unpaired) electrons. The zero-order chi connectivity index (χ0) is 55.0. The lowest BCUT2D eigenvalue weighted by Crippen LogP contribution is -2.24. The number of carboxylic acid groups (broad SMARTS) is 2. The highest BCUT2D eigenvalue weighted by molar-refractivity contribution is 7.86. The first-order valence-electron chi connectivity index (χ1n) is 26.9. The van der Waals surface area contributed by atoms with Crippen molar-refractivity contribution >= 4 is 22.1 Å². The average molecular weight is 1070 g/mol. The summed E-state index contributed by atoms with van der Waals surface area (Å²) in [5, 5.41) is 34.6. The van der Waals surface area contributed by atoms with Gasteiger partial charge in [-0.05, 0) is 138 Å². The molecule has 2 heterocycles. The van der Waals surface area contributed by atoms with Crippen molar-refractivity contribution < 1.29 is 58.2 Å². The van der Waals surface area contributed by atoms with E-state index in [2.05, 4.69) is 48.5 Å². The molecule has 77 heavy (non-hydrogen) atoms. The summed E-state index contributed by atoms with van der Waals surface area (Å²) in [5.41, 5.74) is 13.8. The molecule has 5 unspecified atom stereocenters. The van der Waals surface area contributed by atoms with Crippen LogP contribution in [0.15, 0.2) is 150 Å². The second-order valence-electron chi connectivity index (χ2n) is 19.5. The predicted octanol–water partition coefficient (Wildman–Crippen LogP) is 11.2. The van der Waals surface area contributed by atoms with Crippen LogP contribution < -0.4 is 0 Å². The lowest BCUT2D eigenvalue weighted by atomic mass is 9.76. The van der Waals surface area contributed by atoms with Gasteiger partial charge in [-0.2, -0.15) is 13.7 Å². The lowest BCUT2D eigenvalue weighted by molar-refractivity contribution is -0.139. The summed E-state index contributed by atoms with van der Waals surface area (Å²) >= 11 is 0. The summed E-state index contributed by atoms with van der Waals surface area (Å²) < 4.78 is 54.7. The molecule has 5 aliphatic carbocycles. The van der Waals surface area contributed by atoms with Gasteiger partial charge in [0.15, 0.2) is 0 Å². The molecular formula is C63H74FNO11S. The van der Waals surface area contributed by atoms with Crippen molar-refractivity contribution in [3.63, 3.8) is 0 Å². The molecule has 14 heteroatoms. The Kier molecular flexibility index (Phi) is 24.5. The number of fused-ring (bicyclic) bond motifs is 5. The van der Waals surface area contributed by atoms with Crippen LogP contribution in [0.5, 0.6) is 0 Å². The number of alkyl halides is 1. The van der Waals surface area contributed by atoms with E-state index >= 15 is 0 Å². The quantitative estimate of drug-likeness (QED) is 0.116. The van der Waals surface area contributed by atoms with Crippen molar-refractivity contribution in [3.8, 4) is 6.07 Å². The van der Waals surface area contributed by atoms with Gasteiger partial charge in [-0.25, -0.2) is 0 Å². The first-order valence-corrected chi connectivity index (χ1v) is 27.6. The number of aliphatic carboxylic acids is 2. The van der Waals surface area contributed by atoms with E-state index in [-0.39, 0.29) is 41.2 Å². The smallest absolute Gasteiger partial charge is 0.311 e. The number of rotatable bonds is 9. The third-order valence-corrected chi connectivity index (χ3v) is 15.7. The van der Waals surface area contributed by atoms with Crippen molar-refractivity contribution in [1.29, 1.82) is 5.26 Å². The van der Waals surface area contributed by atoms with Gasteiger partial charge in [-0.3, -0.25) is 18.2 Å². The number of hydrogen-bond acceptors (Lipinski definition) is 9. The van der Waals surface area contributed by atoms with Gasteiger partial charge in [0.2, 0.25) is 0 Å². The SMILES string of the molecule is C1CCOC1.C1CCOC1.Cc1ccc(S(=O)(=O)OCC2Cc3ccccc32)cc1.N#CCC1Cc2ccccc21.O.O=C(O)C1Cc2ccccc21.O=C(O)CC1Cc2ccccc21.OCC1Cc2ccccc21.[2H]CF.